The van der Waals surface area contributed by atoms with Crippen molar-refractivity contribution in [3.8, 4) is 0 Å². The molecule has 4 aromatic carbocycles. The number of amides is 3. The minimum Gasteiger partial charge on any atom is -0.370 e. The maximum absolute atomic E-state index is 14.8. The van der Waals surface area contributed by atoms with E-state index in [1.807, 2.05) is 60.7 Å². The molecule has 0 radical (unpaired) electrons. The van der Waals surface area contributed by atoms with Gasteiger partial charge in [-0.15, -0.1) is 0 Å². The third-order valence-corrected chi connectivity index (χ3v) is 9.56. The predicted octanol–water partition coefficient (Wildman–Crippen LogP) is 4.63. The van der Waals surface area contributed by atoms with Gasteiger partial charge in [0, 0.05) is 48.0 Å². The van der Waals surface area contributed by atoms with E-state index in [0.717, 1.165) is 41.6 Å². The van der Waals surface area contributed by atoms with Crippen molar-refractivity contribution in [3.63, 3.8) is 0 Å². The standard InChI is InChI=1S/C33H36Br2N8O2/c34-27-13-11-21(23-7-1-3-9-25(23)27)19-33(20-22-12-14-28(35)26-10-4-2-8-24(22)26)29(44)42(17-5-15-40-30(36)37)32(45)43(33)18-6-16-41-31(38)39/h1-4,7-14H,5-6,15-20H2,(H4,36,37,40)(H4,38,39,41). The fourth-order valence-electron chi connectivity index (χ4n) is 6.16. The molecule has 0 spiro atoms. The van der Waals surface area contributed by atoms with Crippen molar-refractivity contribution >= 4 is 77.3 Å². The van der Waals surface area contributed by atoms with E-state index in [-0.39, 0.29) is 36.9 Å². The van der Waals surface area contributed by atoms with Crippen molar-refractivity contribution in [2.24, 2.45) is 32.9 Å². The zero-order valence-corrected chi connectivity index (χ0v) is 27.9. The molecule has 1 saturated heterocycles. The maximum atomic E-state index is 14.8. The zero-order chi connectivity index (χ0) is 32.1. The first-order valence-corrected chi connectivity index (χ1v) is 16.3. The van der Waals surface area contributed by atoms with Crippen LogP contribution in [0.1, 0.15) is 24.0 Å². The molecule has 5 rings (SSSR count). The molecule has 12 heteroatoms. The Labute approximate surface area is 278 Å². The van der Waals surface area contributed by atoms with Gasteiger partial charge in [-0.3, -0.25) is 19.7 Å². The maximum Gasteiger partial charge on any atom is 0.327 e. The fraction of sp³-hybridized carbons (Fsp3) is 0.273. The number of rotatable bonds is 12. The zero-order valence-electron chi connectivity index (χ0n) is 24.8. The molecular formula is C33H36Br2N8O2. The smallest absolute Gasteiger partial charge is 0.327 e. The van der Waals surface area contributed by atoms with Crippen LogP contribution in [0.25, 0.3) is 21.5 Å². The second-order valence-corrected chi connectivity index (χ2v) is 12.8. The number of guanidine groups is 2. The second kappa shape index (κ2) is 13.9. The van der Waals surface area contributed by atoms with Gasteiger partial charge in [0.25, 0.3) is 5.91 Å². The van der Waals surface area contributed by atoms with Gasteiger partial charge in [-0.2, -0.15) is 0 Å². The molecule has 8 N–H and O–H groups in total. The van der Waals surface area contributed by atoms with Crippen molar-refractivity contribution in [3.05, 3.63) is 92.9 Å². The van der Waals surface area contributed by atoms with E-state index in [4.69, 9.17) is 22.9 Å². The number of benzene rings is 4. The van der Waals surface area contributed by atoms with Crippen LogP contribution in [-0.2, 0) is 17.6 Å². The van der Waals surface area contributed by atoms with Crippen LogP contribution < -0.4 is 22.9 Å². The van der Waals surface area contributed by atoms with E-state index in [1.54, 1.807) is 4.90 Å². The van der Waals surface area contributed by atoms with Crippen molar-refractivity contribution in [2.45, 2.75) is 31.2 Å². The predicted molar refractivity (Wildman–Crippen MR) is 188 cm³/mol. The molecule has 3 amide bonds. The average Bonchev–Trinajstić information content (AvgIpc) is 3.21. The molecule has 1 aliphatic heterocycles. The molecule has 0 atom stereocenters. The lowest BCUT2D eigenvalue weighted by Gasteiger charge is -2.36. The average molecular weight is 737 g/mol. The highest BCUT2D eigenvalue weighted by molar-refractivity contribution is 9.11. The highest BCUT2D eigenvalue weighted by atomic mass is 79.9. The number of hydrogen-bond donors (Lipinski definition) is 4. The molecule has 1 heterocycles. The van der Waals surface area contributed by atoms with Crippen LogP contribution >= 0.6 is 31.9 Å². The number of carbonyl (C=O) groups is 2. The molecule has 0 unspecified atom stereocenters. The van der Waals surface area contributed by atoms with Crippen LogP contribution in [0.2, 0.25) is 0 Å². The van der Waals surface area contributed by atoms with E-state index in [1.165, 1.54) is 4.90 Å². The molecular weight excluding hydrogens is 700 g/mol. The van der Waals surface area contributed by atoms with Gasteiger partial charge in [0.15, 0.2) is 11.9 Å². The van der Waals surface area contributed by atoms with Gasteiger partial charge in [0.2, 0.25) is 0 Å². The minimum absolute atomic E-state index is 0.0193. The Morgan fingerprint density at radius 3 is 1.56 bits per heavy atom. The normalized spacial score (nSPS) is 14.4. The summed E-state index contributed by atoms with van der Waals surface area (Å²) in [4.78, 5) is 40.3. The summed E-state index contributed by atoms with van der Waals surface area (Å²) in [7, 11) is 0. The van der Waals surface area contributed by atoms with Gasteiger partial charge in [-0.05, 0) is 57.6 Å². The quantitative estimate of drug-likeness (QED) is 0.0716. The van der Waals surface area contributed by atoms with Crippen molar-refractivity contribution in [1.29, 1.82) is 0 Å². The lowest BCUT2D eigenvalue weighted by atomic mass is 9.80. The second-order valence-electron chi connectivity index (χ2n) is 11.1. The number of urea groups is 1. The summed E-state index contributed by atoms with van der Waals surface area (Å²) in [6.07, 6.45) is 1.52. The van der Waals surface area contributed by atoms with E-state index < -0.39 is 5.54 Å². The Bertz CT molecular complexity index is 1710. The first-order chi connectivity index (χ1) is 21.6. The van der Waals surface area contributed by atoms with Crippen LogP contribution in [0.4, 0.5) is 4.79 Å². The van der Waals surface area contributed by atoms with Crippen LogP contribution in [0.3, 0.4) is 0 Å². The summed E-state index contributed by atoms with van der Waals surface area (Å²) in [6, 6.07) is 23.8. The molecule has 45 heavy (non-hydrogen) atoms. The molecule has 1 aliphatic rings. The monoisotopic (exact) mass is 734 g/mol. The summed E-state index contributed by atoms with van der Waals surface area (Å²) in [5.74, 6) is -0.304. The van der Waals surface area contributed by atoms with Crippen molar-refractivity contribution < 1.29 is 9.59 Å². The topological polar surface area (TPSA) is 169 Å². The Hall–Kier alpha value is -4.16. The Morgan fingerprint density at radius 2 is 1.09 bits per heavy atom. The number of carbonyl (C=O) groups excluding carboxylic acids is 2. The molecule has 0 aromatic heterocycles. The fourth-order valence-corrected chi connectivity index (χ4v) is 7.11. The largest absolute Gasteiger partial charge is 0.370 e. The molecule has 0 aliphatic carbocycles. The van der Waals surface area contributed by atoms with Gasteiger partial charge >= 0.3 is 6.03 Å². The Kier molecular flexibility index (Phi) is 9.93. The van der Waals surface area contributed by atoms with Gasteiger partial charge in [-0.1, -0.05) is 92.5 Å². The highest BCUT2D eigenvalue weighted by Gasteiger charge is 2.56. The minimum atomic E-state index is -1.22. The van der Waals surface area contributed by atoms with Crippen LogP contribution in [0, 0.1) is 0 Å². The third-order valence-electron chi connectivity index (χ3n) is 8.18. The van der Waals surface area contributed by atoms with Gasteiger partial charge in [0.05, 0.1) is 0 Å². The van der Waals surface area contributed by atoms with Crippen molar-refractivity contribution in [2.75, 3.05) is 26.2 Å². The number of halogens is 2. The number of aliphatic imine (C=N–C) groups is 2. The van der Waals surface area contributed by atoms with Gasteiger partial charge in [-0.25, -0.2) is 4.79 Å². The number of fused-ring (bicyclic) bond motifs is 2. The summed E-state index contributed by atoms with van der Waals surface area (Å²) in [5, 5.41) is 4.09. The lowest BCUT2D eigenvalue weighted by molar-refractivity contribution is -0.133. The molecule has 4 aromatic rings. The highest BCUT2D eigenvalue weighted by Crippen LogP contribution is 2.40. The first kappa shape index (κ1) is 32.2. The third kappa shape index (κ3) is 6.76. The number of nitrogens with zero attached hydrogens (tertiary/aromatic N) is 4. The summed E-state index contributed by atoms with van der Waals surface area (Å²) >= 11 is 7.36. The van der Waals surface area contributed by atoms with E-state index in [9.17, 15) is 9.59 Å². The van der Waals surface area contributed by atoms with Crippen LogP contribution in [0.5, 0.6) is 0 Å². The van der Waals surface area contributed by atoms with E-state index in [0.29, 0.717) is 38.8 Å². The number of hydrogen-bond acceptors (Lipinski definition) is 4. The summed E-state index contributed by atoms with van der Waals surface area (Å²) in [6.45, 7) is 1.09. The Balaban J connectivity index is 1.66. The molecule has 234 valence electrons. The van der Waals surface area contributed by atoms with E-state index in [2.05, 4.69) is 54.0 Å². The SMILES string of the molecule is NC(N)=NCCCN1C(=O)N(CCCN=C(N)N)C(Cc2ccc(Br)c3ccccc23)(Cc2ccc(Br)c3ccccc23)C1=O. The van der Waals surface area contributed by atoms with E-state index >= 15 is 0 Å². The summed E-state index contributed by atoms with van der Waals surface area (Å²) in [5.41, 5.74) is 22.9. The van der Waals surface area contributed by atoms with Gasteiger partial charge in [0.1, 0.15) is 5.54 Å². The molecule has 0 saturated carbocycles. The Morgan fingerprint density at radius 1 is 0.644 bits per heavy atom. The molecule has 1 fully saturated rings. The summed E-state index contributed by atoms with van der Waals surface area (Å²) < 4.78 is 1.91. The van der Waals surface area contributed by atoms with Crippen LogP contribution in [-0.4, -0.2) is 65.4 Å². The molecule has 10 nitrogen and oxygen atoms in total. The molecule has 0 bridgehead atoms. The number of nitrogens with two attached hydrogens (primary N) is 4. The number of imide groups is 1. The van der Waals surface area contributed by atoms with Crippen molar-refractivity contribution in [1.82, 2.24) is 9.80 Å². The first-order valence-electron chi connectivity index (χ1n) is 14.7. The lowest BCUT2D eigenvalue weighted by Crippen LogP contribution is -2.53. The van der Waals surface area contributed by atoms with Gasteiger partial charge < -0.3 is 27.8 Å². The van der Waals surface area contributed by atoms with Crippen LogP contribution in [0.15, 0.2) is 91.7 Å².